The molecule has 1 saturated heterocycles. The second-order valence-electron chi connectivity index (χ2n) is 7.77. The molecule has 0 radical (unpaired) electrons. The zero-order valence-electron chi connectivity index (χ0n) is 18.1. The number of rotatable bonds is 5. The molecule has 0 saturated carbocycles. The molecule has 6 heteroatoms. The third kappa shape index (κ3) is 4.70. The monoisotopic (exact) mass is 543 g/mol. The molecule has 0 unspecified atom stereocenters. The fourth-order valence-corrected chi connectivity index (χ4v) is 5.10. The molecule has 0 aliphatic carbocycles. The Morgan fingerprint density at radius 2 is 1.87 bits per heavy atom. The molecule has 1 aliphatic rings. The van der Waals surface area contributed by atoms with Gasteiger partial charge in [-0.3, -0.25) is 4.79 Å². The summed E-state index contributed by atoms with van der Waals surface area (Å²) in [4.78, 5) is 13.3. The summed E-state index contributed by atoms with van der Waals surface area (Å²) >= 11 is 3.88. The smallest absolute Gasteiger partial charge is 0.260 e. The van der Waals surface area contributed by atoms with Crippen molar-refractivity contribution in [1.82, 2.24) is 9.88 Å². The van der Waals surface area contributed by atoms with Crippen LogP contribution in [0.5, 0.6) is 0 Å². The molecule has 2 heterocycles. The molecule has 1 amide bonds. The molecular formula is C25H26IN3OS. The minimum absolute atomic E-state index is 0.0393. The van der Waals surface area contributed by atoms with Gasteiger partial charge in [-0.15, -0.1) is 0 Å². The Balaban J connectivity index is 1.55. The van der Waals surface area contributed by atoms with Crippen LogP contribution >= 0.6 is 34.4 Å². The number of aromatic nitrogens is 1. The Bertz CT molecular complexity index is 1160. The van der Waals surface area contributed by atoms with Crippen LogP contribution in [0.4, 0.5) is 5.69 Å². The number of hydrogen-bond acceptors (Lipinski definition) is 3. The highest BCUT2D eigenvalue weighted by Crippen LogP contribution is 2.32. The number of anilines is 1. The van der Waals surface area contributed by atoms with Crippen molar-refractivity contribution in [3.63, 3.8) is 0 Å². The van der Waals surface area contributed by atoms with Crippen molar-refractivity contribution in [3.8, 4) is 5.69 Å². The van der Waals surface area contributed by atoms with Crippen LogP contribution in [0, 0.1) is 24.3 Å². The van der Waals surface area contributed by atoms with Gasteiger partial charge < -0.3 is 15.2 Å². The number of thioether (sulfide) groups is 1. The van der Waals surface area contributed by atoms with E-state index < -0.39 is 0 Å². The quantitative estimate of drug-likeness (QED) is 0.299. The summed E-state index contributed by atoms with van der Waals surface area (Å²) in [6.45, 7) is 8.48. The SMILES string of the molecule is CCc1ccc(N[C@@H]2NC(=O)/C(=C\c3cc(C)n(-c4ccc(I)c(C)c4)c3C)S2)cc1. The molecule has 1 aromatic heterocycles. The van der Waals surface area contributed by atoms with Gasteiger partial charge in [0.1, 0.15) is 0 Å². The van der Waals surface area contributed by atoms with Gasteiger partial charge in [-0.1, -0.05) is 30.8 Å². The van der Waals surface area contributed by atoms with Crippen molar-refractivity contribution in [3.05, 3.63) is 85.1 Å². The van der Waals surface area contributed by atoms with Crippen molar-refractivity contribution in [2.75, 3.05) is 5.32 Å². The lowest BCUT2D eigenvalue weighted by atomic mass is 10.1. The number of carbonyl (C=O) groups is 1. The molecule has 1 atom stereocenters. The fraction of sp³-hybridized carbons (Fsp3) is 0.240. The number of carbonyl (C=O) groups excluding carboxylic acids is 1. The fourth-order valence-electron chi connectivity index (χ4n) is 3.79. The first kappa shape index (κ1) is 22.0. The molecule has 4 nitrogen and oxygen atoms in total. The molecule has 0 bridgehead atoms. The highest BCUT2D eigenvalue weighted by atomic mass is 127. The molecule has 3 aromatic rings. The molecular weight excluding hydrogens is 517 g/mol. The average molecular weight is 543 g/mol. The largest absolute Gasteiger partial charge is 0.357 e. The van der Waals surface area contributed by atoms with Gasteiger partial charge in [0.25, 0.3) is 5.91 Å². The third-order valence-corrected chi connectivity index (χ3v) is 7.79. The minimum Gasteiger partial charge on any atom is -0.357 e. The van der Waals surface area contributed by atoms with E-state index in [2.05, 4.69) is 114 Å². The standard InChI is InChI=1S/C25H26IN3OS/c1-5-18-6-8-20(9-7-18)27-25-28-24(30)23(31-25)14-19-13-16(3)29(17(19)4)21-10-11-22(26)15(2)12-21/h6-14,25,27H,5H2,1-4H3,(H,28,30)/b23-14+/t25-/m1/s1. The molecule has 1 fully saturated rings. The Morgan fingerprint density at radius 3 is 2.55 bits per heavy atom. The van der Waals surface area contributed by atoms with E-state index in [4.69, 9.17) is 0 Å². The summed E-state index contributed by atoms with van der Waals surface area (Å²) in [6, 6.07) is 17.0. The van der Waals surface area contributed by atoms with Crippen molar-refractivity contribution >= 4 is 52.0 Å². The van der Waals surface area contributed by atoms with Crippen LogP contribution in [0.25, 0.3) is 11.8 Å². The van der Waals surface area contributed by atoms with Gasteiger partial charge in [0.2, 0.25) is 0 Å². The van der Waals surface area contributed by atoms with E-state index in [-0.39, 0.29) is 11.4 Å². The van der Waals surface area contributed by atoms with Gasteiger partial charge >= 0.3 is 0 Å². The zero-order valence-corrected chi connectivity index (χ0v) is 21.1. The first-order valence-corrected chi connectivity index (χ1v) is 12.3. The van der Waals surface area contributed by atoms with Gasteiger partial charge in [0.05, 0.1) is 4.91 Å². The average Bonchev–Trinajstić information content (AvgIpc) is 3.23. The topological polar surface area (TPSA) is 46.1 Å². The van der Waals surface area contributed by atoms with E-state index in [0.717, 1.165) is 39.7 Å². The lowest BCUT2D eigenvalue weighted by Gasteiger charge is -2.13. The van der Waals surface area contributed by atoms with Gasteiger partial charge in [-0.2, -0.15) is 0 Å². The van der Waals surface area contributed by atoms with Crippen LogP contribution in [0.2, 0.25) is 0 Å². The highest BCUT2D eigenvalue weighted by Gasteiger charge is 2.27. The summed E-state index contributed by atoms with van der Waals surface area (Å²) in [7, 11) is 0. The number of aryl methyl sites for hydroxylation is 3. The van der Waals surface area contributed by atoms with Crippen molar-refractivity contribution in [1.29, 1.82) is 0 Å². The lowest BCUT2D eigenvalue weighted by molar-refractivity contribution is -0.116. The van der Waals surface area contributed by atoms with E-state index >= 15 is 0 Å². The maximum Gasteiger partial charge on any atom is 0.260 e. The molecule has 1 aliphatic heterocycles. The normalized spacial score (nSPS) is 17.3. The Morgan fingerprint density at radius 1 is 1.13 bits per heavy atom. The lowest BCUT2D eigenvalue weighted by Crippen LogP contribution is -2.30. The molecule has 31 heavy (non-hydrogen) atoms. The number of amides is 1. The van der Waals surface area contributed by atoms with Gasteiger partial charge in [0, 0.05) is 26.3 Å². The summed E-state index contributed by atoms with van der Waals surface area (Å²) in [5.74, 6) is -0.0393. The van der Waals surface area contributed by atoms with Crippen LogP contribution in [-0.4, -0.2) is 16.0 Å². The molecule has 160 valence electrons. The van der Waals surface area contributed by atoms with Gasteiger partial charge in [-0.05, 0) is 109 Å². The number of nitrogens with one attached hydrogen (secondary N) is 2. The van der Waals surface area contributed by atoms with Crippen LogP contribution in [0.15, 0.2) is 53.4 Å². The van der Waals surface area contributed by atoms with Crippen molar-refractivity contribution in [2.24, 2.45) is 0 Å². The number of halogens is 1. The van der Waals surface area contributed by atoms with E-state index in [0.29, 0.717) is 0 Å². The Labute approximate surface area is 201 Å². The number of benzene rings is 2. The first-order chi connectivity index (χ1) is 14.9. The first-order valence-electron chi connectivity index (χ1n) is 10.4. The Kier molecular flexibility index (Phi) is 6.48. The second-order valence-corrected chi connectivity index (χ2v) is 10.1. The van der Waals surface area contributed by atoms with Crippen molar-refractivity contribution < 1.29 is 4.79 Å². The summed E-state index contributed by atoms with van der Waals surface area (Å²) in [5.41, 5.74) is 7.89. The zero-order chi connectivity index (χ0) is 22.1. The molecule has 2 aromatic carbocycles. The summed E-state index contributed by atoms with van der Waals surface area (Å²) in [6.07, 6.45) is 3.02. The predicted molar refractivity (Wildman–Crippen MR) is 140 cm³/mol. The predicted octanol–water partition coefficient (Wildman–Crippen LogP) is 6.17. The molecule has 4 rings (SSSR count). The van der Waals surface area contributed by atoms with Gasteiger partial charge in [-0.25, -0.2) is 0 Å². The Hall–Kier alpha value is -2.19. The maximum absolute atomic E-state index is 12.6. The van der Waals surface area contributed by atoms with Crippen molar-refractivity contribution in [2.45, 2.75) is 39.6 Å². The summed E-state index contributed by atoms with van der Waals surface area (Å²) in [5, 5.41) is 6.42. The highest BCUT2D eigenvalue weighted by molar-refractivity contribution is 14.1. The van der Waals surface area contributed by atoms with Gasteiger partial charge in [0.15, 0.2) is 5.50 Å². The second kappa shape index (κ2) is 9.12. The number of nitrogens with zero attached hydrogens (tertiary/aromatic N) is 1. The van der Waals surface area contributed by atoms with Crippen LogP contribution in [0.3, 0.4) is 0 Å². The van der Waals surface area contributed by atoms with Crippen LogP contribution in [0.1, 0.15) is 35.0 Å². The van der Waals surface area contributed by atoms with E-state index in [9.17, 15) is 4.79 Å². The van der Waals surface area contributed by atoms with Crippen LogP contribution in [-0.2, 0) is 11.2 Å². The van der Waals surface area contributed by atoms with E-state index in [1.54, 1.807) is 0 Å². The molecule has 0 spiro atoms. The van der Waals surface area contributed by atoms with E-state index in [1.807, 2.05) is 6.08 Å². The maximum atomic E-state index is 12.6. The van der Waals surface area contributed by atoms with Crippen LogP contribution < -0.4 is 10.6 Å². The molecule has 2 N–H and O–H groups in total. The van der Waals surface area contributed by atoms with E-state index in [1.165, 1.54) is 26.5 Å². The minimum atomic E-state index is -0.173. The number of hydrogen-bond donors (Lipinski definition) is 2. The summed E-state index contributed by atoms with van der Waals surface area (Å²) < 4.78 is 3.51. The third-order valence-electron chi connectivity index (χ3n) is 5.55.